The summed E-state index contributed by atoms with van der Waals surface area (Å²) in [6.45, 7) is 11.6. The Bertz CT molecular complexity index is 389. The molecule has 114 valence electrons. The number of ether oxygens (including phenoxy) is 1. The Kier molecular flexibility index (Phi) is 5.86. The van der Waals surface area contributed by atoms with E-state index in [1.54, 1.807) is 0 Å². The van der Waals surface area contributed by atoms with Crippen LogP contribution in [0.3, 0.4) is 0 Å². The van der Waals surface area contributed by atoms with Gasteiger partial charge < -0.3 is 15.0 Å². The van der Waals surface area contributed by atoms with Gasteiger partial charge >= 0.3 is 0 Å². The molecule has 0 aliphatic carbocycles. The lowest BCUT2D eigenvalue weighted by molar-refractivity contribution is 0.0637. The smallest absolute Gasteiger partial charge is 0.0751 e. The summed E-state index contributed by atoms with van der Waals surface area (Å²) in [6, 6.07) is 0. The van der Waals surface area contributed by atoms with Crippen LogP contribution in [0.25, 0.3) is 0 Å². The van der Waals surface area contributed by atoms with Crippen molar-refractivity contribution < 1.29 is 4.74 Å². The second kappa shape index (κ2) is 7.64. The predicted octanol–water partition coefficient (Wildman–Crippen LogP) is 2.20. The molecule has 1 N–H and O–H groups in total. The molecule has 5 nitrogen and oxygen atoms in total. The molecule has 0 bridgehead atoms. The first kappa shape index (κ1) is 15.3. The molecule has 0 aromatic carbocycles. The molecular formula is C15H28N4O. The molecule has 2 unspecified atom stereocenters. The van der Waals surface area contributed by atoms with Crippen LogP contribution in [0.2, 0.25) is 0 Å². The Morgan fingerprint density at radius 2 is 2.20 bits per heavy atom. The van der Waals surface area contributed by atoms with E-state index < -0.39 is 0 Å². The molecule has 0 saturated carbocycles. The third-order valence-corrected chi connectivity index (χ3v) is 4.03. The number of likely N-dealkylation sites (N-methyl/N-ethyl adjacent to an activating group) is 1. The van der Waals surface area contributed by atoms with Crippen LogP contribution in [0, 0.1) is 0 Å². The van der Waals surface area contributed by atoms with Gasteiger partial charge in [-0.15, -0.1) is 0 Å². The second-order valence-corrected chi connectivity index (χ2v) is 5.55. The molecule has 1 aromatic rings. The zero-order valence-electron chi connectivity index (χ0n) is 13.0. The maximum absolute atomic E-state index is 5.80. The summed E-state index contributed by atoms with van der Waals surface area (Å²) in [5.74, 6) is 0. The number of hydrogen-bond acceptors (Lipinski definition) is 4. The normalized spacial score (nSPS) is 22.6. The topological polar surface area (TPSA) is 42.3 Å². The highest BCUT2D eigenvalue weighted by atomic mass is 16.5. The van der Waals surface area contributed by atoms with Crippen LogP contribution in [0.5, 0.6) is 0 Å². The van der Waals surface area contributed by atoms with Crippen molar-refractivity contribution in [1.29, 1.82) is 0 Å². The Balaban J connectivity index is 1.71. The van der Waals surface area contributed by atoms with E-state index in [4.69, 9.17) is 4.74 Å². The van der Waals surface area contributed by atoms with Crippen molar-refractivity contribution in [2.24, 2.45) is 0 Å². The van der Waals surface area contributed by atoms with Gasteiger partial charge in [-0.25, -0.2) is 0 Å². The molecular weight excluding hydrogens is 252 g/mol. The fourth-order valence-electron chi connectivity index (χ4n) is 2.63. The van der Waals surface area contributed by atoms with Crippen molar-refractivity contribution in [3.8, 4) is 0 Å². The van der Waals surface area contributed by atoms with Crippen molar-refractivity contribution in [2.45, 2.75) is 52.4 Å². The van der Waals surface area contributed by atoms with Gasteiger partial charge in [-0.05, 0) is 32.9 Å². The first-order valence-corrected chi connectivity index (χ1v) is 7.85. The van der Waals surface area contributed by atoms with Gasteiger partial charge in [-0.3, -0.25) is 4.68 Å². The van der Waals surface area contributed by atoms with Crippen molar-refractivity contribution in [1.82, 2.24) is 14.7 Å². The van der Waals surface area contributed by atoms with E-state index in [1.165, 1.54) is 6.42 Å². The molecule has 1 aliphatic rings. The third kappa shape index (κ3) is 4.49. The van der Waals surface area contributed by atoms with Crippen LogP contribution < -0.4 is 5.32 Å². The van der Waals surface area contributed by atoms with Crippen molar-refractivity contribution in [3.05, 3.63) is 12.4 Å². The SMILES string of the molecule is CCN(CC)CCn1cc(NCC2CCC(C)O2)cn1. The molecule has 1 saturated heterocycles. The zero-order valence-corrected chi connectivity index (χ0v) is 13.0. The lowest BCUT2D eigenvalue weighted by Gasteiger charge is -2.17. The van der Waals surface area contributed by atoms with Crippen LogP contribution >= 0.6 is 0 Å². The Labute approximate surface area is 122 Å². The quantitative estimate of drug-likeness (QED) is 0.793. The molecule has 0 radical (unpaired) electrons. The van der Waals surface area contributed by atoms with Crippen molar-refractivity contribution in [2.75, 3.05) is 31.5 Å². The molecule has 2 atom stereocenters. The summed E-state index contributed by atoms with van der Waals surface area (Å²) < 4.78 is 7.81. The van der Waals surface area contributed by atoms with Gasteiger partial charge in [0.1, 0.15) is 0 Å². The molecule has 0 amide bonds. The summed E-state index contributed by atoms with van der Waals surface area (Å²) in [4.78, 5) is 2.41. The van der Waals surface area contributed by atoms with Gasteiger partial charge in [0.25, 0.3) is 0 Å². The number of hydrogen-bond donors (Lipinski definition) is 1. The van der Waals surface area contributed by atoms with E-state index in [9.17, 15) is 0 Å². The van der Waals surface area contributed by atoms with Gasteiger partial charge in [0, 0.05) is 19.3 Å². The Morgan fingerprint density at radius 3 is 2.85 bits per heavy atom. The standard InChI is InChI=1S/C15H28N4O/c1-4-18(5-2)8-9-19-12-14(10-17-19)16-11-15-7-6-13(3)20-15/h10,12-13,15-16H,4-9,11H2,1-3H3. The highest BCUT2D eigenvalue weighted by Gasteiger charge is 2.21. The average Bonchev–Trinajstić information content (AvgIpc) is 3.07. The second-order valence-electron chi connectivity index (χ2n) is 5.55. The zero-order chi connectivity index (χ0) is 14.4. The maximum Gasteiger partial charge on any atom is 0.0751 e. The molecule has 2 heterocycles. The predicted molar refractivity (Wildman–Crippen MR) is 82.1 cm³/mol. The average molecular weight is 280 g/mol. The van der Waals surface area contributed by atoms with E-state index >= 15 is 0 Å². The minimum atomic E-state index is 0.351. The van der Waals surface area contributed by atoms with Crippen molar-refractivity contribution >= 4 is 5.69 Å². The van der Waals surface area contributed by atoms with E-state index in [2.05, 4.69) is 42.3 Å². The Hall–Kier alpha value is -1.07. The number of rotatable bonds is 8. The first-order chi connectivity index (χ1) is 9.71. The maximum atomic E-state index is 5.80. The number of nitrogens with zero attached hydrogens (tertiary/aromatic N) is 3. The van der Waals surface area contributed by atoms with Crippen LogP contribution in [0.1, 0.15) is 33.6 Å². The minimum Gasteiger partial charge on any atom is -0.380 e. The Morgan fingerprint density at radius 1 is 1.40 bits per heavy atom. The lowest BCUT2D eigenvalue weighted by Crippen LogP contribution is -2.27. The van der Waals surface area contributed by atoms with Crippen LogP contribution in [0.15, 0.2) is 12.4 Å². The van der Waals surface area contributed by atoms with Crippen LogP contribution in [0.4, 0.5) is 5.69 Å². The number of aromatic nitrogens is 2. The van der Waals surface area contributed by atoms with Gasteiger partial charge in [-0.2, -0.15) is 5.10 Å². The molecule has 1 aliphatic heterocycles. The largest absolute Gasteiger partial charge is 0.380 e. The highest BCUT2D eigenvalue weighted by molar-refractivity contribution is 5.38. The fourth-order valence-corrected chi connectivity index (χ4v) is 2.63. The fraction of sp³-hybridized carbons (Fsp3) is 0.800. The monoisotopic (exact) mass is 280 g/mol. The van der Waals surface area contributed by atoms with Gasteiger partial charge in [0.15, 0.2) is 0 Å². The number of anilines is 1. The van der Waals surface area contributed by atoms with Crippen LogP contribution in [-0.4, -0.2) is 53.1 Å². The summed E-state index contributed by atoms with van der Waals surface area (Å²) in [5.41, 5.74) is 1.09. The van der Waals surface area contributed by atoms with E-state index in [0.717, 1.165) is 44.8 Å². The van der Waals surface area contributed by atoms with Crippen LogP contribution in [-0.2, 0) is 11.3 Å². The molecule has 20 heavy (non-hydrogen) atoms. The summed E-state index contributed by atoms with van der Waals surface area (Å²) >= 11 is 0. The van der Waals surface area contributed by atoms with E-state index in [1.807, 2.05) is 10.9 Å². The summed E-state index contributed by atoms with van der Waals surface area (Å²) in [7, 11) is 0. The first-order valence-electron chi connectivity index (χ1n) is 7.85. The molecule has 0 spiro atoms. The third-order valence-electron chi connectivity index (χ3n) is 4.03. The van der Waals surface area contributed by atoms with Gasteiger partial charge in [0.2, 0.25) is 0 Å². The lowest BCUT2D eigenvalue weighted by atomic mass is 10.2. The van der Waals surface area contributed by atoms with E-state index in [0.29, 0.717) is 12.2 Å². The molecule has 1 aromatic heterocycles. The molecule has 5 heteroatoms. The molecule has 2 rings (SSSR count). The van der Waals surface area contributed by atoms with Gasteiger partial charge in [0.05, 0.1) is 30.6 Å². The summed E-state index contributed by atoms with van der Waals surface area (Å²) in [5, 5.41) is 7.82. The number of nitrogens with one attached hydrogen (secondary N) is 1. The summed E-state index contributed by atoms with van der Waals surface area (Å²) in [6.07, 6.45) is 7.09. The van der Waals surface area contributed by atoms with E-state index in [-0.39, 0.29) is 0 Å². The highest BCUT2D eigenvalue weighted by Crippen LogP contribution is 2.19. The minimum absolute atomic E-state index is 0.351. The molecule has 1 fully saturated rings. The van der Waals surface area contributed by atoms with Gasteiger partial charge in [-0.1, -0.05) is 13.8 Å². The van der Waals surface area contributed by atoms with Crippen molar-refractivity contribution in [3.63, 3.8) is 0 Å².